The van der Waals surface area contributed by atoms with Crippen molar-refractivity contribution in [1.29, 1.82) is 0 Å². The Kier molecular flexibility index (Phi) is 3.60. The lowest BCUT2D eigenvalue weighted by Crippen LogP contribution is -2.53. The second-order valence-corrected chi connectivity index (χ2v) is 5.42. The highest BCUT2D eigenvalue weighted by Crippen LogP contribution is 2.26. The molecule has 0 saturated heterocycles. The minimum Gasteiger partial charge on any atom is -0.361 e. The second kappa shape index (κ2) is 4.90. The number of hydrogen-bond donors (Lipinski definition) is 4. The van der Waals surface area contributed by atoms with Crippen molar-refractivity contribution in [2.45, 2.75) is 25.3 Å². The van der Waals surface area contributed by atoms with Crippen molar-refractivity contribution >= 4 is 10.8 Å². The van der Waals surface area contributed by atoms with E-state index >= 15 is 0 Å². The van der Waals surface area contributed by atoms with Crippen LogP contribution in [-0.2, 0) is 5.79 Å². The first-order chi connectivity index (χ1) is 8.80. The molecule has 19 heavy (non-hydrogen) atoms. The fraction of sp³-hybridized carbons (Fsp3) is 0.333. The van der Waals surface area contributed by atoms with Gasteiger partial charge in [0.1, 0.15) is 0 Å². The van der Waals surface area contributed by atoms with Gasteiger partial charge in [-0.2, -0.15) is 0 Å². The van der Waals surface area contributed by atoms with Gasteiger partial charge < -0.3 is 15.9 Å². The number of nitrogens with one attached hydrogen (secondary N) is 1. The van der Waals surface area contributed by atoms with Crippen LogP contribution in [0.4, 0.5) is 0 Å². The third-order valence-electron chi connectivity index (χ3n) is 3.01. The molecule has 0 aliphatic carbocycles. The number of fused-ring (bicyclic) bond motifs is 1. The molecule has 0 amide bonds. The molecular weight excluding hydrogens is 240 g/mol. The predicted octanol–water partition coefficient (Wildman–Crippen LogP) is 1.26. The Morgan fingerprint density at radius 1 is 1.05 bits per heavy atom. The summed E-state index contributed by atoms with van der Waals surface area (Å²) in [5, 5.41) is 25.3. The van der Waals surface area contributed by atoms with Gasteiger partial charge in [0.05, 0.1) is 12.2 Å². The molecule has 0 spiro atoms. The summed E-state index contributed by atoms with van der Waals surface area (Å²) in [6, 6.07) is 13.1. The van der Waals surface area contributed by atoms with E-state index in [0.29, 0.717) is 5.56 Å². The molecule has 4 heteroatoms. The largest absolute Gasteiger partial charge is 0.361 e. The van der Waals surface area contributed by atoms with Gasteiger partial charge in [0.25, 0.3) is 0 Å². The van der Waals surface area contributed by atoms with E-state index in [2.05, 4.69) is 5.32 Å². The molecule has 2 aromatic carbocycles. The van der Waals surface area contributed by atoms with Gasteiger partial charge in [-0.25, -0.2) is 0 Å². The lowest BCUT2D eigenvalue weighted by atomic mass is 9.97. The Morgan fingerprint density at radius 2 is 1.68 bits per heavy atom. The highest BCUT2D eigenvalue weighted by Gasteiger charge is 2.29. The van der Waals surface area contributed by atoms with E-state index in [9.17, 15) is 10.2 Å². The van der Waals surface area contributed by atoms with Crippen LogP contribution in [0, 0.1) is 0 Å². The monoisotopic (exact) mass is 260 g/mol. The van der Waals surface area contributed by atoms with Crippen molar-refractivity contribution in [3.8, 4) is 0 Å². The summed E-state index contributed by atoms with van der Waals surface area (Å²) in [6.07, 6.45) is 0. The first-order valence-electron chi connectivity index (χ1n) is 6.26. The molecule has 0 radical (unpaired) electrons. The van der Waals surface area contributed by atoms with Crippen molar-refractivity contribution in [3.05, 3.63) is 48.0 Å². The molecule has 5 N–H and O–H groups in total. The van der Waals surface area contributed by atoms with Crippen molar-refractivity contribution in [2.75, 3.05) is 6.54 Å². The standard InChI is InChI=1S/C15H20N2O2/c1-14(2,16)17-10-15(18,19)13-9-5-7-11-6-3-4-8-12(11)13/h3-9,17-19H,10,16H2,1-2H3. The summed E-state index contributed by atoms with van der Waals surface area (Å²) in [5.41, 5.74) is 5.61. The van der Waals surface area contributed by atoms with E-state index in [0.717, 1.165) is 10.8 Å². The Morgan fingerprint density at radius 3 is 2.37 bits per heavy atom. The smallest absolute Gasteiger partial charge is 0.203 e. The lowest BCUT2D eigenvalue weighted by molar-refractivity contribution is -0.166. The van der Waals surface area contributed by atoms with Crippen LogP contribution in [0.5, 0.6) is 0 Å². The molecule has 2 rings (SSSR count). The number of rotatable bonds is 4. The van der Waals surface area contributed by atoms with Crippen LogP contribution >= 0.6 is 0 Å². The molecule has 2 aromatic rings. The quantitative estimate of drug-likeness (QED) is 0.624. The first kappa shape index (κ1) is 14.0. The van der Waals surface area contributed by atoms with Gasteiger partial charge in [0.2, 0.25) is 5.79 Å². The van der Waals surface area contributed by atoms with Crippen LogP contribution in [0.3, 0.4) is 0 Å². The van der Waals surface area contributed by atoms with E-state index in [1.54, 1.807) is 19.9 Å². The minimum absolute atomic E-state index is 0.0372. The highest BCUT2D eigenvalue weighted by atomic mass is 16.5. The molecule has 0 bridgehead atoms. The van der Waals surface area contributed by atoms with Gasteiger partial charge in [0.15, 0.2) is 0 Å². The average molecular weight is 260 g/mol. The normalized spacial score (nSPS) is 12.9. The topological polar surface area (TPSA) is 78.5 Å². The third kappa shape index (κ3) is 3.30. The fourth-order valence-electron chi connectivity index (χ4n) is 2.02. The Bertz CT molecular complexity index is 568. The SMILES string of the molecule is CC(C)(N)NCC(O)(O)c1cccc2ccccc12. The van der Waals surface area contributed by atoms with Gasteiger partial charge in [-0.3, -0.25) is 5.32 Å². The van der Waals surface area contributed by atoms with Crippen LogP contribution in [-0.4, -0.2) is 22.4 Å². The molecular formula is C15H20N2O2. The molecule has 102 valence electrons. The zero-order valence-electron chi connectivity index (χ0n) is 11.2. The van der Waals surface area contributed by atoms with Crippen molar-refractivity contribution in [1.82, 2.24) is 5.32 Å². The predicted molar refractivity (Wildman–Crippen MR) is 76.3 cm³/mol. The summed E-state index contributed by atoms with van der Waals surface area (Å²) in [7, 11) is 0. The molecule has 0 fully saturated rings. The molecule has 4 nitrogen and oxygen atoms in total. The van der Waals surface area contributed by atoms with E-state index < -0.39 is 11.4 Å². The first-order valence-corrected chi connectivity index (χ1v) is 6.26. The zero-order valence-corrected chi connectivity index (χ0v) is 11.2. The summed E-state index contributed by atoms with van der Waals surface area (Å²) in [5.74, 6) is -1.96. The average Bonchev–Trinajstić information content (AvgIpc) is 2.35. The van der Waals surface area contributed by atoms with Gasteiger partial charge in [-0.05, 0) is 24.6 Å². The van der Waals surface area contributed by atoms with E-state index in [-0.39, 0.29) is 6.54 Å². The fourth-order valence-corrected chi connectivity index (χ4v) is 2.02. The number of hydrogen-bond acceptors (Lipinski definition) is 4. The summed E-state index contributed by atoms with van der Waals surface area (Å²) in [4.78, 5) is 0. The molecule has 0 aromatic heterocycles. The van der Waals surface area contributed by atoms with Crippen molar-refractivity contribution in [3.63, 3.8) is 0 Å². The minimum atomic E-state index is -1.96. The highest BCUT2D eigenvalue weighted by molar-refractivity contribution is 5.86. The zero-order chi connectivity index (χ0) is 14.1. The molecule has 0 aliphatic rings. The number of benzene rings is 2. The maximum absolute atomic E-state index is 10.3. The Hall–Kier alpha value is -1.46. The van der Waals surface area contributed by atoms with Crippen LogP contribution in [0.2, 0.25) is 0 Å². The molecule has 0 saturated carbocycles. The second-order valence-electron chi connectivity index (χ2n) is 5.42. The molecule has 0 atom stereocenters. The lowest BCUT2D eigenvalue weighted by Gasteiger charge is -2.29. The molecule has 0 unspecified atom stereocenters. The summed E-state index contributed by atoms with van der Waals surface area (Å²) < 4.78 is 0. The van der Waals surface area contributed by atoms with E-state index in [4.69, 9.17) is 5.73 Å². The van der Waals surface area contributed by atoms with Crippen LogP contribution in [0.15, 0.2) is 42.5 Å². The van der Waals surface area contributed by atoms with Crippen molar-refractivity contribution in [2.24, 2.45) is 5.73 Å². The number of nitrogens with two attached hydrogens (primary N) is 1. The maximum Gasteiger partial charge on any atom is 0.203 e. The van der Waals surface area contributed by atoms with E-state index in [1.807, 2.05) is 36.4 Å². The van der Waals surface area contributed by atoms with Crippen molar-refractivity contribution < 1.29 is 10.2 Å². The van der Waals surface area contributed by atoms with Crippen LogP contribution in [0.25, 0.3) is 10.8 Å². The summed E-state index contributed by atoms with van der Waals surface area (Å²) in [6.45, 7) is 3.50. The van der Waals surface area contributed by atoms with Gasteiger partial charge in [-0.15, -0.1) is 0 Å². The Labute approximate surface area is 112 Å². The number of aliphatic hydroxyl groups is 2. The maximum atomic E-state index is 10.3. The third-order valence-corrected chi connectivity index (χ3v) is 3.01. The van der Waals surface area contributed by atoms with Gasteiger partial charge in [0, 0.05) is 5.56 Å². The van der Waals surface area contributed by atoms with Crippen LogP contribution < -0.4 is 11.1 Å². The van der Waals surface area contributed by atoms with Gasteiger partial charge in [-0.1, -0.05) is 42.5 Å². The molecule has 0 aliphatic heterocycles. The van der Waals surface area contributed by atoms with E-state index in [1.165, 1.54) is 0 Å². The van der Waals surface area contributed by atoms with Crippen LogP contribution in [0.1, 0.15) is 19.4 Å². The van der Waals surface area contributed by atoms with Gasteiger partial charge >= 0.3 is 0 Å². The Balaban J connectivity index is 2.37. The summed E-state index contributed by atoms with van der Waals surface area (Å²) >= 11 is 0. The molecule has 0 heterocycles.